The van der Waals surface area contributed by atoms with Gasteiger partial charge in [-0.3, -0.25) is 9.59 Å². The minimum Gasteiger partial charge on any atom is -0.356 e. The van der Waals surface area contributed by atoms with Crippen LogP contribution in [-0.2, 0) is 9.59 Å². The second-order valence-electron chi connectivity index (χ2n) is 16.0. The van der Waals surface area contributed by atoms with Gasteiger partial charge in [0.05, 0.1) is 12.1 Å². The van der Waals surface area contributed by atoms with Crippen molar-refractivity contribution in [3.63, 3.8) is 0 Å². The van der Waals surface area contributed by atoms with Crippen molar-refractivity contribution < 1.29 is 9.59 Å². The number of rotatable bonds is 40. The van der Waals surface area contributed by atoms with Gasteiger partial charge in [-0.15, -0.1) is 0 Å². The van der Waals surface area contributed by atoms with Gasteiger partial charge in [0.15, 0.2) is 11.1 Å². The summed E-state index contributed by atoms with van der Waals surface area (Å²) in [7, 11) is 0. The van der Waals surface area contributed by atoms with Crippen molar-refractivity contribution in [1.29, 1.82) is 10.5 Å². The fourth-order valence-electron chi connectivity index (χ4n) is 6.54. The van der Waals surface area contributed by atoms with Gasteiger partial charge in [-0.2, -0.15) is 46.0 Å². The van der Waals surface area contributed by atoms with E-state index in [2.05, 4.69) is 58.3 Å². The number of nitrogens with zero attached hydrogens (tertiary/aromatic N) is 4. The molecule has 2 unspecified atom stereocenters. The molecule has 0 aromatic heterocycles. The van der Waals surface area contributed by atoms with Crippen LogP contribution in [0.5, 0.6) is 0 Å². The van der Waals surface area contributed by atoms with Crippen molar-refractivity contribution in [2.75, 3.05) is 24.6 Å². The van der Waals surface area contributed by atoms with Crippen molar-refractivity contribution in [1.82, 2.24) is 10.6 Å². The Morgan fingerprint density at radius 1 is 0.444 bits per heavy atom. The van der Waals surface area contributed by atoms with Crippen molar-refractivity contribution in [3.8, 4) is 12.1 Å². The smallest absolute Gasteiger partial charge is 0.220 e. The van der Waals surface area contributed by atoms with Crippen molar-refractivity contribution >= 4 is 37.1 Å². The Bertz CT molecular complexity index is 938. The summed E-state index contributed by atoms with van der Waals surface area (Å²) < 4.78 is 0. The molecule has 2 amide bonds. The maximum absolute atomic E-state index is 12.5. The van der Waals surface area contributed by atoms with Crippen molar-refractivity contribution in [2.24, 2.45) is 10.2 Å². The number of carbonyl (C=O) groups excluding carboxylic acids is 2. The fraction of sp³-hybridized carbons (Fsp3) is 0.909. The normalized spacial score (nSPS) is 13.6. The largest absolute Gasteiger partial charge is 0.356 e. The highest BCUT2D eigenvalue weighted by atomic mass is 32.1. The first-order valence-electron chi connectivity index (χ1n) is 22.3. The number of nitrogens with one attached hydrogen (secondary N) is 2. The third kappa shape index (κ3) is 34.7. The van der Waals surface area contributed by atoms with Gasteiger partial charge in [-0.05, 0) is 63.9 Å². The molecule has 10 heteroatoms. The Balaban J connectivity index is 3.97. The van der Waals surface area contributed by atoms with E-state index in [0.29, 0.717) is 13.1 Å². The van der Waals surface area contributed by atoms with Crippen LogP contribution in [0.4, 0.5) is 0 Å². The molecular formula is C44H82N6O2S2. The van der Waals surface area contributed by atoms with Crippen LogP contribution in [0.15, 0.2) is 10.2 Å². The SMILES string of the molecule is CC(C#N)(CCC(=O)NCCCCCCCCCCCCCCCCS)N=NC(C)(C#N)CCC(=O)NCCCCCCCCCCCCCCCCS. The molecule has 0 fully saturated rings. The predicted octanol–water partition coefficient (Wildman–Crippen LogP) is 12.6. The topological polar surface area (TPSA) is 130 Å². The van der Waals surface area contributed by atoms with Crippen LogP contribution >= 0.6 is 25.3 Å². The lowest BCUT2D eigenvalue weighted by Gasteiger charge is -2.19. The number of unbranched alkanes of at least 4 members (excludes halogenated alkanes) is 26. The Morgan fingerprint density at radius 3 is 0.889 bits per heavy atom. The molecule has 8 nitrogen and oxygen atoms in total. The van der Waals surface area contributed by atoms with Crippen LogP contribution in [-0.4, -0.2) is 47.5 Å². The number of azo groups is 1. The minimum absolute atomic E-state index is 0.0968. The maximum Gasteiger partial charge on any atom is 0.220 e. The Kier molecular flexibility index (Phi) is 36.9. The average molecular weight is 791 g/mol. The van der Waals surface area contributed by atoms with E-state index in [0.717, 1.165) is 37.2 Å². The molecule has 0 aliphatic heterocycles. The van der Waals surface area contributed by atoms with E-state index in [4.69, 9.17) is 0 Å². The van der Waals surface area contributed by atoms with Crippen LogP contribution in [0.2, 0.25) is 0 Å². The Hall–Kier alpha value is -1.78. The zero-order chi connectivity index (χ0) is 39.9. The van der Waals surface area contributed by atoms with Gasteiger partial charge >= 0.3 is 0 Å². The number of carbonyl (C=O) groups is 2. The standard InChI is InChI=1S/C44H82N6O2S2/c1-43(39-45,33-31-41(51)47-35-27-23-19-15-11-7-3-5-9-13-17-21-25-29-37-53)49-50-44(2,40-46)34-32-42(52)48-36-28-24-20-16-12-8-4-6-10-14-18-22-26-30-38-54/h53-54H,3-38H2,1-2H3,(H,47,51)(H,48,52). The van der Waals surface area contributed by atoms with Gasteiger partial charge in [0, 0.05) is 25.9 Å². The molecule has 0 bridgehead atoms. The summed E-state index contributed by atoms with van der Waals surface area (Å²) in [6.07, 6.45) is 36.6. The summed E-state index contributed by atoms with van der Waals surface area (Å²) in [5.41, 5.74) is -2.43. The first-order chi connectivity index (χ1) is 26.2. The van der Waals surface area contributed by atoms with Crippen molar-refractivity contribution in [2.45, 2.75) is 230 Å². The second kappa shape index (κ2) is 38.1. The summed E-state index contributed by atoms with van der Waals surface area (Å²) in [6, 6.07) is 4.32. The fourth-order valence-corrected chi connectivity index (χ4v) is 6.99. The highest BCUT2D eigenvalue weighted by Gasteiger charge is 2.29. The monoisotopic (exact) mass is 791 g/mol. The van der Waals surface area contributed by atoms with Gasteiger partial charge in [-0.1, -0.05) is 154 Å². The molecule has 2 N–H and O–H groups in total. The van der Waals surface area contributed by atoms with Gasteiger partial charge in [-0.25, -0.2) is 0 Å². The van der Waals surface area contributed by atoms with Crippen LogP contribution in [0.1, 0.15) is 219 Å². The van der Waals surface area contributed by atoms with Crippen LogP contribution in [0, 0.1) is 22.7 Å². The zero-order valence-corrected chi connectivity index (χ0v) is 36.7. The van der Waals surface area contributed by atoms with E-state index in [9.17, 15) is 20.1 Å². The molecule has 0 aliphatic carbocycles. The van der Waals surface area contributed by atoms with Crippen LogP contribution in [0.25, 0.3) is 0 Å². The Morgan fingerprint density at radius 2 is 0.667 bits per heavy atom. The quantitative estimate of drug-likeness (QED) is 0.0280. The summed E-state index contributed by atoms with van der Waals surface area (Å²) in [6.45, 7) is 4.56. The van der Waals surface area contributed by atoms with Gasteiger partial charge in [0.25, 0.3) is 0 Å². The lowest BCUT2D eigenvalue weighted by Crippen LogP contribution is -2.30. The summed E-state index contributed by atoms with van der Waals surface area (Å²) in [5.74, 6) is 1.84. The molecule has 0 radical (unpaired) electrons. The minimum atomic E-state index is -1.21. The van der Waals surface area contributed by atoms with Gasteiger partial charge in [0.2, 0.25) is 11.8 Å². The highest BCUT2D eigenvalue weighted by Crippen LogP contribution is 2.24. The molecule has 0 saturated carbocycles. The van der Waals surface area contributed by atoms with E-state index in [1.54, 1.807) is 13.8 Å². The molecule has 312 valence electrons. The van der Waals surface area contributed by atoms with E-state index in [1.807, 2.05) is 0 Å². The first-order valence-corrected chi connectivity index (χ1v) is 23.5. The Labute approximate surface area is 343 Å². The molecule has 0 saturated heterocycles. The van der Waals surface area contributed by atoms with Gasteiger partial charge in [0.1, 0.15) is 0 Å². The summed E-state index contributed by atoms with van der Waals surface area (Å²) in [4.78, 5) is 24.9. The van der Waals surface area contributed by atoms with E-state index < -0.39 is 11.1 Å². The van der Waals surface area contributed by atoms with E-state index in [1.165, 1.54) is 154 Å². The lowest BCUT2D eigenvalue weighted by atomic mass is 9.97. The van der Waals surface area contributed by atoms with Crippen LogP contribution < -0.4 is 10.6 Å². The molecular weight excluding hydrogens is 709 g/mol. The molecule has 0 aliphatic rings. The number of nitriles is 2. The van der Waals surface area contributed by atoms with Crippen molar-refractivity contribution in [3.05, 3.63) is 0 Å². The summed E-state index contributed by atoms with van der Waals surface area (Å²) in [5, 5.41) is 34.0. The molecule has 0 aromatic rings. The maximum atomic E-state index is 12.5. The van der Waals surface area contributed by atoms with Crippen LogP contribution in [0.3, 0.4) is 0 Å². The first kappa shape index (κ1) is 52.2. The molecule has 0 rings (SSSR count). The highest BCUT2D eigenvalue weighted by molar-refractivity contribution is 7.80. The predicted molar refractivity (Wildman–Crippen MR) is 234 cm³/mol. The average Bonchev–Trinajstić information content (AvgIpc) is 3.18. The van der Waals surface area contributed by atoms with Gasteiger partial charge < -0.3 is 10.6 Å². The third-order valence-electron chi connectivity index (χ3n) is 10.5. The number of amides is 2. The lowest BCUT2D eigenvalue weighted by molar-refractivity contribution is -0.122. The number of thiol groups is 2. The molecule has 2 atom stereocenters. The summed E-state index contributed by atoms with van der Waals surface area (Å²) >= 11 is 8.54. The molecule has 54 heavy (non-hydrogen) atoms. The molecule has 0 spiro atoms. The molecule has 0 aromatic carbocycles. The van der Waals surface area contributed by atoms with E-state index >= 15 is 0 Å². The zero-order valence-electron chi connectivity index (χ0n) is 35.0. The number of hydrogen-bond acceptors (Lipinski definition) is 8. The third-order valence-corrected chi connectivity index (χ3v) is 11.1. The molecule has 0 heterocycles. The van der Waals surface area contributed by atoms with E-state index in [-0.39, 0.29) is 37.5 Å². The second-order valence-corrected chi connectivity index (χ2v) is 16.9. The number of hydrogen-bond donors (Lipinski definition) is 4.